The van der Waals surface area contributed by atoms with E-state index < -0.39 is 15.5 Å². The van der Waals surface area contributed by atoms with E-state index in [1.165, 1.54) is 6.07 Å². The molecule has 0 unspecified atom stereocenters. The van der Waals surface area contributed by atoms with Crippen LogP contribution in [-0.2, 0) is 0 Å². The second kappa shape index (κ2) is 4.36. The van der Waals surface area contributed by atoms with E-state index in [9.17, 15) is 20.2 Å². The minimum absolute atomic E-state index is 0.249. The summed E-state index contributed by atoms with van der Waals surface area (Å²) in [4.78, 5) is 19.5. The van der Waals surface area contributed by atoms with Gasteiger partial charge in [0.05, 0.1) is 27.7 Å². The Morgan fingerprint density at radius 2 is 2.00 bits per heavy atom. The molecule has 7 heteroatoms. The second-order valence-electron chi connectivity index (χ2n) is 2.68. The van der Waals surface area contributed by atoms with Crippen LogP contribution in [-0.4, -0.2) is 16.4 Å². The normalized spacial score (nSPS) is 9.67. The lowest BCUT2D eigenvalue weighted by molar-refractivity contribution is -0.394. The monoisotopic (exact) mass is 210 g/mol. The minimum atomic E-state index is -0.714. The molecule has 0 aliphatic heterocycles. The highest BCUT2D eigenvalue weighted by atomic mass is 16.6. The molecule has 0 heterocycles. The lowest BCUT2D eigenvalue weighted by Crippen LogP contribution is -2.00. The molecule has 0 saturated heterocycles. The molecule has 0 saturated carbocycles. The maximum absolute atomic E-state index is 10.5. The van der Waals surface area contributed by atoms with Crippen molar-refractivity contribution in [3.63, 3.8) is 0 Å². The lowest BCUT2D eigenvalue weighted by atomic mass is 10.2. The van der Waals surface area contributed by atoms with Crippen LogP contribution in [0.5, 0.6) is 0 Å². The third-order valence-electron chi connectivity index (χ3n) is 1.61. The van der Waals surface area contributed by atoms with Gasteiger partial charge in [-0.05, 0) is 6.92 Å². The van der Waals surface area contributed by atoms with E-state index in [1.807, 2.05) is 0 Å². The zero-order valence-electron chi connectivity index (χ0n) is 7.89. The Bertz CT molecular complexity index is 373. The number of anilines is 1. The minimum Gasteiger partial charge on any atom is -0.384 e. The molecule has 0 aliphatic carbocycles. The lowest BCUT2D eigenvalue weighted by Gasteiger charge is -2.01. The van der Waals surface area contributed by atoms with Gasteiger partial charge in [0.25, 0.3) is 11.4 Å². The molecule has 1 aromatic carbocycles. The van der Waals surface area contributed by atoms with Crippen molar-refractivity contribution in [2.75, 3.05) is 11.9 Å². The molecule has 1 aromatic rings. The van der Waals surface area contributed by atoms with Gasteiger partial charge in [-0.15, -0.1) is 0 Å². The largest absolute Gasteiger partial charge is 0.384 e. The van der Waals surface area contributed by atoms with Gasteiger partial charge in [-0.3, -0.25) is 20.2 Å². The summed E-state index contributed by atoms with van der Waals surface area (Å²) in [6.07, 6.45) is 0. The van der Waals surface area contributed by atoms with E-state index in [1.54, 1.807) is 6.92 Å². The Kier molecular flexibility index (Phi) is 3.17. The van der Waals surface area contributed by atoms with Gasteiger partial charge in [0.15, 0.2) is 0 Å². The quantitative estimate of drug-likeness (QED) is 0.602. The SMILES string of the molecule is CCNc1[c]c([N+](=O)[O-])cc([N+](=O)[O-])c1. The number of hydrogen-bond acceptors (Lipinski definition) is 5. The van der Waals surface area contributed by atoms with Crippen LogP contribution in [0.4, 0.5) is 17.1 Å². The van der Waals surface area contributed by atoms with Crippen molar-refractivity contribution in [3.8, 4) is 0 Å². The molecule has 0 atom stereocenters. The summed E-state index contributed by atoms with van der Waals surface area (Å²) in [7, 11) is 0. The van der Waals surface area contributed by atoms with Crippen LogP contribution in [0.1, 0.15) is 6.92 Å². The van der Waals surface area contributed by atoms with Crippen LogP contribution in [0.2, 0.25) is 0 Å². The molecule has 1 rings (SSSR count). The van der Waals surface area contributed by atoms with Gasteiger partial charge in [-0.25, -0.2) is 0 Å². The van der Waals surface area contributed by atoms with Gasteiger partial charge < -0.3 is 5.32 Å². The van der Waals surface area contributed by atoms with Crippen LogP contribution >= 0.6 is 0 Å². The summed E-state index contributed by atoms with van der Waals surface area (Å²) in [5.74, 6) is 0. The summed E-state index contributed by atoms with van der Waals surface area (Å²) < 4.78 is 0. The van der Waals surface area contributed by atoms with E-state index >= 15 is 0 Å². The van der Waals surface area contributed by atoms with Gasteiger partial charge >= 0.3 is 0 Å². The molecular weight excluding hydrogens is 202 g/mol. The van der Waals surface area contributed by atoms with Gasteiger partial charge in [0.2, 0.25) is 0 Å². The summed E-state index contributed by atoms with van der Waals surface area (Å²) in [5, 5.41) is 23.7. The molecule has 15 heavy (non-hydrogen) atoms. The fourth-order valence-corrected chi connectivity index (χ4v) is 1.03. The Labute approximate surface area is 85.0 Å². The van der Waals surface area contributed by atoms with Crippen molar-refractivity contribution < 1.29 is 9.85 Å². The predicted molar refractivity (Wildman–Crippen MR) is 52.8 cm³/mol. The van der Waals surface area contributed by atoms with Gasteiger partial charge in [0.1, 0.15) is 0 Å². The van der Waals surface area contributed by atoms with Crippen LogP contribution in [0.15, 0.2) is 12.1 Å². The fourth-order valence-electron chi connectivity index (χ4n) is 1.03. The number of nitrogens with zero attached hydrogens (tertiary/aromatic N) is 2. The topological polar surface area (TPSA) is 98.3 Å². The smallest absolute Gasteiger partial charge is 0.286 e. The molecule has 7 nitrogen and oxygen atoms in total. The Hall–Kier alpha value is -2.18. The van der Waals surface area contributed by atoms with Crippen molar-refractivity contribution in [1.82, 2.24) is 0 Å². The van der Waals surface area contributed by atoms with Gasteiger partial charge in [-0.1, -0.05) is 0 Å². The Morgan fingerprint density at radius 1 is 1.33 bits per heavy atom. The average Bonchev–Trinajstić information content (AvgIpc) is 2.17. The van der Waals surface area contributed by atoms with Gasteiger partial charge in [0, 0.05) is 12.6 Å². The first-order valence-electron chi connectivity index (χ1n) is 4.14. The van der Waals surface area contributed by atoms with Crippen LogP contribution < -0.4 is 5.32 Å². The molecule has 0 aliphatic rings. The molecule has 0 aromatic heterocycles. The average molecular weight is 210 g/mol. The van der Waals surface area contributed by atoms with Gasteiger partial charge in [-0.2, -0.15) is 0 Å². The van der Waals surface area contributed by atoms with Crippen molar-refractivity contribution >= 4 is 17.1 Å². The first-order valence-corrected chi connectivity index (χ1v) is 4.14. The van der Waals surface area contributed by atoms with Crippen LogP contribution in [0.25, 0.3) is 0 Å². The van der Waals surface area contributed by atoms with E-state index in [0.717, 1.165) is 6.07 Å². The highest BCUT2D eigenvalue weighted by Crippen LogP contribution is 2.24. The number of nitrogens with one attached hydrogen (secondary N) is 1. The third kappa shape index (κ3) is 2.63. The van der Waals surface area contributed by atoms with Crippen molar-refractivity contribution in [2.24, 2.45) is 0 Å². The first kappa shape index (κ1) is 10.9. The number of non-ortho nitro benzene ring substituents is 2. The molecule has 1 N–H and O–H groups in total. The third-order valence-corrected chi connectivity index (χ3v) is 1.61. The zero-order chi connectivity index (χ0) is 11.4. The van der Waals surface area contributed by atoms with Crippen molar-refractivity contribution in [1.29, 1.82) is 0 Å². The predicted octanol–water partition coefficient (Wildman–Crippen LogP) is 1.73. The molecule has 1 radical (unpaired) electrons. The summed E-state index contributed by atoms with van der Waals surface area (Å²) in [5.41, 5.74) is -0.491. The maximum Gasteiger partial charge on any atom is 0.286 e. The highest BCUT2D eigenvalue weighted by Gasteiger charge is 2.16. The first-order chi connectivity index (χ1) is 7.04. The Morgan fingerprint density at radius 3 is 2.47 bits per heavy atom. The Balaban J connectivity index is 3.19. The molecule has 0 bridgehead atoms. The highest BCUT2D eigenvalue weighted by molar-refractivity contribution is 5.57. The summed E-state index contributed by atoms with van der Waals surface area (Å²) in [6, 6.07) is 4.51. The van der Waals surface area contributed by atoms with E-state index in [2.05, 4.69) is 11.4 Å². The number of rotatable bonds is 4. The number of nitro groups is 2. The number of nitro benzene ring substituents is 2. The molecule has 0 fully saturated rings. The van der Waals surface area contributed by atoms with E-state index in [0.29, 0.717) is 6.54 Å². The summed E-state index contributed by atoms with van der Waals surface area (Å²) in [6.45, 7) is 2.29. The second-order valence-corrected chi connectivity index (χ2v) is 2.68. The fraction of sp³-hybridized carbons (Fsp3) is 0.250. The summed E-state index contributed by atoms with van der Waals surface area (Å²) >= 11 is 0. The molecule has 0 amide bonds. The standard InChI is InChI=1S/C8H8N3O4/c1-2-9-6-3-7(10(12)13)5-8(4-6)11(14)15/h3,5,9H,2H2,1H3. The molecule has 0 spiro atoms. The number of benzene rings is 1. The molecule has 79 valence electrons. The van der Waals surface area contributed by atoms with Crippen molar-refractivity contribution in [3.05, 3.63) is 38.4 Å². The van der Waals surface area contributed by atoms with E-state index in [-0.39, 0.29) is 11.4 Å². The van der Waals surface area contributed by atoms with Crippen LogP contribution in [0, 0.1) is 26.3 Å². The molecular formula is C8H8N3O4. The zero-order valence-corrected chi connectivity index (χ0v) is 7.89. The van der Waals surface area contributed by atoms with E-state index in [4.69, 9.17) is 0 Å². The maximum atomic E-state index is 10.5. The van der Waals surface area contributed by atoms with Crippen molar-refractivity contribution in [2.45, 2.75) is 6.92 Å². The number of hydrogen-bond donors (Lipinski definition) is 1. The van der Waals surface area contributed by atoms with Crippen LogP contribution in [0.3, 0.4) is 0 Å².